The molecule has 0 spiro atoms. The monoisotopic (exact) mass is 1070 g/mol. The largest absolute Gasteiger partial charge is 0.438 e. The van der Waals surface area contributed by atoms with E-state index in [0.717, 1.165) is 121 Å². The van der Waals surface area contributed by atoms with Crippen molar-refractivity contribution in [1.82, 2.24) is 29.8 Å². The number of halogens is 3. The number of anilines is 2. The molecular weight excluding hydrogens is 1020 g/mol. The molecule has 0 atom stereocenters. The third-order valence-corrected chi connectivity index (χ3v) is 14.8. The first-order valence-electron chi connectivity index (χ1n) is 25.3. The number of carbonyl (C=O) groups is 2. The maximum atomic E-state index is 13.2. The number of fused-ring (bicyclic) bond motifs is 3. The van der Waals surface area contributed by atoms with Gasteiger partial charge in [0.2, 0.25) is 11.8 Å². The fourth-order valence-electron chi connectivity index (χ4n) is 9.26. The zero-order chi connectivity index (χ0) is 53.6. The number of likely N-dealkylation sites (N-methyl/N-ethyl adjacent to an activating group) is 1. The van der Waals surface area contributed by atoms with Crippen LogP contribution in [0.1, 0.15) is 51.4 Å². The lowest BCUT2D eigenvalue weighted by Gasteiger charge is -2.36. The first-order valence-corrected chi connectivity index (χ1v) is 26.4. The van der Waals surface area contributed by atoms with Gasteiger partial charge >= 0.3 is 0 Å². The van der Waals surface area contributed by atoms with Crippen LogP contribution < -0.4 is 19.3 Å². The van der Waals surface area contributed by atoms with Crippen molar-refractivity contribution in [2.24, 2.45) is 0 Å². The first kappa shape index (κ1) is 53.6. The number of pyridine rings is 1. The molecule has 0 saturated carbocycles. The zero-order valence-electron chi connectivity index (χ0n) is 43.8. The van der Waals surface area contributed by atoms with E-state index < -0.39 is 0 Å². The lowest BCUT2D eigenvalue weighted by atomic mass is 10.0. The molecule has 6 aromatic carbocycles. The van der Waals surface area contributed by atoms with Gasteiger partial charge in [-0.15, -0.1) is 0 Å². The number of carbonyl (C=O) groups excluding carboxylic acids is 2. The summed E-state index contributed by atoms with van der Waals surface area (Å²) in [5, 5.41) is 4.28. The van der Waals surface area contributed by atoms with Crippen molar-refractivity contribution in [1.29, 1.82) is 0 Å². The number of hydrogen-bond acceptors (Lipinski definition) is 12. The lowest BCUT2D eigenvalue weighted by Crippen LogP contribution is -2.46. The number of piperazine rings is 1. The van der Waals surface area contributed by atoms with E-state index in [0.29, 0.717) is 51.2 Å². The molecule has 12 nitrogen and oxygen atoms in total. The molecule has 0 N–H and O–H groups in total. The van der Waals surface area contributed by atoms with E-state index in [9.17, 15) is 9.59 Å². The van der Waals surface area contributed by atoms with Gasteiger partial charge in [0.15, 0.2) is 0 Å². The van der Waals surface area contributed by atoms with Gasteiger partial charge in [-0.2, -0.15) is 0 Å². The molecule has 0 radical (unpaired) electrons. The van der Waals surface area contributed by atoms with Crippen LogP contribution in [0.2, 0.25) is 15.1 Å². The minimum absolute atomic E-state index is 0.0777. The van der Waals surface area contributed by atoms with Crippen molar-refractivity contribution >= 4 is 90.6 Å². The molecule has 0 unspecified atom stereocenters. The number of aryl methyl sites for hydroxylation is 4. The number of nitrogens with zero attached hydrogens (tertiary/aromatic N) is 8. The molecule has 388 valence electrons. The molecule has 1 fully saturated rings. The molecule has 10 rings (SSSR count). The Kier molecular flexibility index (Phi) is 16.8. The van der Waals surface area contributed by atoms with Crippen molar-refractivity contribution in [3.05, 3.63) is 181 Å². The number of ketones is 2. The van der Waals surface area contributed by atoms with E-state index in [1.165, 1.54) is 12.7 Å². The Bertz CT molecular complexity index is 3640. The van der Waals surface area contributed by atoms with Crippen molar-refractivity contribution in [2.45, 2.75) is 60.3 Å². The summed E-state index contributed by atoms with van der Waals surface area (Å²) in [5.74, 6) is 3.11. The highest BCUT2D eigenvalue weighted by Gasteiger charge is 2.21. The number of ether oxygens (including phenoxy) is 2. The van der Waals surface area contributed by atoms with E-state index in [4.69, 9.17) is 44.3 Å². The van der Waals surface area contributed by atoms with Crippen LogP contribution in [-0.2, 0) is 35.3 Å². The van der Waals surface area contributed by atoms with Gasteiger partial charge in [-0.3, -0.25) is 9.59 Å². The Morgan fingerprint density at radius 3 is 1.63 bits per heavy atom. The van der Waals surface area contributed by atoms with Crippen LogP contribution in [-0.4, -0.2) is 88.2 Å². The van der Waals surface area contributed by atoms with Crippen molar-refractivity contribution < 1.29 is 19.1 Å². The normalized spacial score (nSPS) is 12.7. The molecule has 1 aliphatic heterocycles. The minimum atomic E-state index is 0.0777. The maximum absolute atomic E-state index is 13.2. The van der Waals surface area contributed by atoms with Crippen molar-refractivity contribution in [2.75, 3.05) is 56.6 Å². The maximum Gasteiger partial charge on any atom is 0.230 e. The molecule has 1 saturated heterocycles. The highest BCUT2D eigenvalue weighted by molar-refractivity contribution is 6.32. The van der Waals surface area contributed by atoms with Crippen LogP contribution in [0.15, 0.2) is 122 Å². The van der Waals surface area contributed by atoms with Gasteiger partial charge in [0.1, 0.15) is 41.5 Å². The number of aromatic nitrogens is 5. The van der Waals surface area contributed by atoms with Crippen LogP contribution in [0.4, 0.5) is 11.5 Å². The number of Topliss-reactive ketones (excluding diaryl/α,β-unsaturated/α-hetero) is 2. The fourth-order valence-corrected chi connectivity index (χ4v) is 9.93. The number of hydrogen-bond donors (Lipinski definition) is 0. The third-order valence-electron chi connectivity index (χ3n) is 13.9. The summed E-state index contributed by atoms with van der Waals surface area (Å²) in [6.07, 6.45) is 4.07. The third kappa shape index (κ3) is 12.9. The summed E-state index contributed by atoms with van der Waals surface area (Å²) in [6, 6.07) is 34.7. The molecule has 1 aliphatic rings. The Hall–Kier alpha value is -7.22. The molecule has 0 bridgehead atoms. The summed E-state index contributed by atoms with van der Waals surface area (Å²) < 4.78 is 12.1. The van der Waals surface area contributed by atoms with E-state index in [1.807, 2.05) is 130 Å². The standard InChI is InChI=1S/C31H32Cl2N4O2.C30H27ClN4O2/c1-4-36-9-11-37(12-10-36)30-8-6-24(32)15-23(30)17-25(38)16-22-5-7-26(18-28(22)33)39-31-27-13-20(2)21(3)14-29(27)34-19-35-31;1-18-11-25-28(12-19(18)2)32-17-33-30(25)37-24-8-6-21(26(31)16-24)15-23(36)14-20-5-9-27-22(13-20)7-10-29(34-27)35(3)4/h5-8,13-15,18-19H,4,9-12,16-17H2,1-3H3;5-13,16-17H,14-15H2,1-4H3. The Morgan fingerprint density at radius 1 is 0.553 bits per heavy atom. The average Bonchev–Trinajstić information content (AvgIpc) is 3.39. The molecule has 0 aliphatic carbocycles. The van der Waals surface area contributed by atoms with Crippen LogP contribution in [0, 0.1) is 27.7 Å². The van der Waals surface area contributed by atoms with Gasteiger partial charge in [-0.25, -0.2) is 24.9 Å². The van der Waals surface area contributed by atoms with Crippen molar-refractivity contribution in [3.63, 3.8) is 0 Å². The predicted octanol–water partition coefficient (Wildman–Crippen LogP) is 13.5. The number of benzene rings is 6. The fraction of sp³-hybridized carbons (Fsp3) is 0.262. The smallest absolute Gasteiger partial charge is 0.230 e. The quantitative estimate of drug-likeness (QED) is 0.0970. The highest BCUT2D eigenvalue weighted by Crippen LogP contribution is 2.34. The van der Waals surface area contributed by atoms with E-state index in [-0.39, 0.29) is 24.4 Å². The lowest BCUT2D eigenvalue weighted by molar-refractivity contribution is -0.118. The highest BCUT2D eigenvalue weighted by atomic mass is 35.5. The second-order valence-electron chi connectivity index (χ2n) is 19.5. The molecule has 15 heteroatoms. The van der Waals surface area contributed by atoms with Crippen molar-refractivity contribution in [3.8, 4) is 23.3 Å². The molecule has 3 aromatic heterocycles. The molecule has 76 heavy (non-hydrogen) atoms. The Balaban J connectivity index is 0.000000186. The van der Waals surface area contributed by atoms with Crippen LogP contribution in [0.25, 0.3) is 32.7 Å². The van der Waals surface area contributed by atoms with Crippen LogP contribution in [0.5, 0.6) is 23.3 Å². The van der Waals surface area contributed by atoms with Crippen LogP contribution >= 0.6 is 34.8 Å². The van der Waals surface area contributed by atoms with Gasteiger partial charge in [0.25, 0.3) is 0 Å². The van der Waals surface area contributed by atoms with Gasteiger partial charge in [-0.05, 0) is 170 Å². The van der Waals surface area contributed by atoms with E-state index in [2.05, 4.69) is 55.5 Å². The summed E-state index contributed by atoms with van der Waals surface area (Å²) in [4.78, 5) is 54.8. The molecule has 9 aromatic rings. The van der Waals surface area contributed by atoms with E-state index >= 15 is 0 Å². The van der Waals surface area contributed by atoms with Gasteiger partial charge in [0, 0.05) is 92.1 Å². The summed E-state index contributed by atoms with van der Waals surface area (Å²) >= 11 is 19.5. The summed E-state index contributed by atoms with van der Waals surface area (Å²) in [5.41, 5.74) is 11.7. The van der Waals surface area contributed by atoms with Gasteiger partial charge in [-0.1, -0.05) is 59.9 Å². The zero-order valence-corrected chi connectivity index (χ0v) is 46.0. The molecule has 4 heterocycles. The SMILES string of the molecule is CCN1CCN(c2ccc(Cl)cc2CC(=O)Cc2ccc(Oc3ncnc4cc(C)c(C)cc34)cc2Cl)CC1.Cc1cc2ncnc(Oc3ccc(CC(=O)Cc4ccc5nc(N(C)C)ccc5c4)c(Cl)c3)c2cc1C. The average molecular weight is 1070 g/mol. The topological polar surface area (TPSA) is 127 Å². The Morgan fingerprint density at radius 2 is 1.09 bits per heavy atom. The molecule has 0 amide bonds. The van der Waals surface area contributed by atoms with Gasteiger partial charge in [0.05, 0.1) is 27.3 Å². The van der Waals surface area contributed by atoms with E-state index in [1.54, 1.807) is 12.1 Å². The van der Waals surface area contributed by atoms with Crippen LogP contribution in [0.3, 0.4) is 0 Å². The summed E-state index contributed by atoms with van der Waals surface area (Å²) in [6.45, 7) is 15.3. The molecular formula is C61H59Cl3N8O4. The second kappa shape index (κ2) is 23.8. The minimum Gasteiger partial charge on any atom is -0.438 e. The predicted molar refractivity (Wildman–Crippen MR) is 308 cm³/mol. The number of rotatable bonds is 15. The summed E-state index contributed by atoms with van der Waals surface area (Å²) in [7, 11) is 3.93. The Labute approximate surface area is 458 Å². The van der Waals surface area contributed by atoms with Gasteiger partial charge < -0.3 is 24.2 Å². The first-order chi connectivity index (χ1) is 36.6. The second-order valence-corrected chi connectivity index (χ2v) is 20.8.